The van der Waals surface area contributed by atoms with Gasteiger partial charge in [0.2, 0.25) is 5.82 Å². The average Bonchev–Trinajstić information content (AvgIpc) is 2.87. The smallest absolute Gasteiger partial charge is 0.327 e. The molecular formula is C15H12FN3O2. The summed E-state index contributed by atoms with van der Waals surface area (Å²) >= 11 is 0. The molecule has 1 aromatic heterocycles. The van der Waals surface area contributed by atoms with E-state index in [-0.39, 0.29) is 5.69 Å². The van der Waals surface area contributed by atoms with Gasteiger partial charge in [0, 0.05) is 11.2 Å². The van der Waals surface area contributed by atoms with E-state index in [0.717, 1.165) is 22.7 Å². The van der Waals surface area contributed by atoms with Crippen molar-refractivity contribution in [1.82, 2.24) is 4.98 Å². The third-order valence-corrected chi connectivity index (χ3v) is 3.22. The lowest BCUT2D eigenvalue weighted by Gasteiger charge is -2.06. The van der Waals surface area contributed by atoms with Gasteiger partial charge in [-0.05, 0) is 29.7 Å². The lowest BCUT2D eigenvalue weighted by atomic mass is 10.2. The van der Waals surface area contributed by atoms with Crippen LogP contribution in [0.15, 0.2) is 48.5 Å². The molecule has 0 unspecified atom stereocenters. The Bertz CT molecular complexity index is 781. The third-order valence-electron chi connectivity index (χ3n) is 3.22. The quantitative estimate of drug-likeness (QED) is 0.565. The second-order valence-electron chi connectivity index (χ2n) is 4.63. The van der Waals surface area contributed by atoms with Crippen molar-refractivity contribution in [3.05, 3.63) is 70.2 Å². The first-order valence-corrected chi connectivity index (χ1v) is 6.38. The number of nitrogens with zero attached hydrogens (tertiary/aromatic N) is 1. The van der Waals surface area contributed by atoms with E-state index in [2.05, 4.69) is 10.3 Å². The van der Waals surface area contributed by atoms with Crippen molar-refractivity contribution in [3.63, 3.8) is 0 Å². The van der Waals surface area contributed by atoms with Crippen LogP contribution in [0.3, 0.4) is 0 Å². The maximum Gasteiger partial charge on any atom is 0.327 e. The van der Waals surface area contributed by atoms with Crippen LogP contribution in [0.4, 0.5) is 15.8 Å². The van der Waals surface area contributed by atoms with Gasteiger partial charge in [-0.1, -0.05) is 24.3 Å². The molecule has 0 atom stereocenters. The van der Waals surface area contributed by atoms with Crippen LogP contribution in [0.5, 0.6) is 0 Å². The first-order chi connectivity index (χ1) is 10.1. The summed E-state index contributed by atoms with van der Waals surface area (Å²) in [6, 6.07) is 13.7. The Morgan fingerprint density at radius 1 is 1.19 bits per heavy atom. The van der Waals surface area contributed by atoms with Gasteiger partial charge in [0.15, 0.2) is 0 Å². The standard InChI is InChI=1S/C15H12FN3O2/c16-12-5-3-7-14(15(12)19(20)21)17-9-11-8-10-4-1-2-6-13(10)18-11/h1-8,17-18H,9H2. The number of halogens is 1. The number of aromatic nitrogens is 1. The molecule has 106 valence electrons. The van der Waals surface area contributed by atoms with Gasteiger partial charge in [-0.15, -0.1) is 0 Å². The van der Waals surface area contributed by atoms with Crippen LogP contribution in [0.25, 0.3) is 10.9 Å². The number of anilines is 1. The van der Waals surface area contributed by atoms with Crippen molar-refractivity contribution in [2.45, 2.75) is 6.54 Å². The minimum atomic E-state index is -0.846. The van der Waals surface area contributed by atoms with Crippen LogP contribution in [-0.4, -0.2) is 9.91 Å². The minimum Gasteiger partial charge on any atom is -0.374 e. The lowest BCUT2D eigenvalue weighted by molar-refractivity contribution is -0.386. The maximum absolute atomic E-state index is 13.5. The molecule has 5 nitrogen and oxygen atoms in total. The Balaban J connectivity index is 1.85. The molecule has 6 heteroatoms. The normalized spacial score (nSPS) is 10.7. The van der Waals surface area contributed by atoms with E-state index in [9.17, 15) is 14.5 Å². The predicted molar refractivity (Wildman–Crippen MR) is 78.7 cm³/mol. The molecule has 0 aliphatic carbocycles. The number of benzene rings is 2. The van der Waals surface area contributed by atoms with Crippen LogP contribution in [0.2, 0.25) is 0 Å². The van der Waals surface area contributed by atoms with Crippen LogP contribution in [0.1, 0.15) is 5.69 Å². The van der Waals surface area contributed by atoms with Crippen LogP contribution < -0.4 is 5.32 Å². The van der Waals surface area contributed by atoms with Gasteiger partial charge >= 0.3 is 5.69 Å². The Morgan fingerprint density at radius 2 is 2.00 bits per heavy atom. The molecule has 3 rings (SSSR count). The summed E-state index contributed by atoms with van der Waals surface area (Å²) in [4.78, 5) is 13.4. The van der Waals surface area contributed by atoms with E-state index in [4.69, 9.17) is 0 Å². The summed E-state index contributed by atoms with van der Waals surface area (Å²) in [6.45, 7) is 0.346. The molecule has 3 aromatic rings. The minimum absolute atomic E-state index is 0.165. The molecule has 21 heavy (non-hydrogen) atoms. The maximum atomic E-state index is 13.5. The van der Waals surface area contributed by atoms with Gasteiger partial charge in [0.25, 0.3) is 0 Å². The van der Waals surface area contributed by atoms with Gasteiger partial charge in [0.1, 0.15) is 5.69 Å². The Labute approximate surface area is 119 Å². The molecule has 0 amide bonds. The van der Waals surface area contributed by atoms with Crippen LogP contribution in [-0.2, 0) is 6.54 Å². The number of para-hydroxylation sites is 2. The van der Waals surface area contributed by atoms with Gasteiger partial charge in [0.05, 0.1) is 11.5 Å². The first kappa shape index (κ1) is 13.1. The summed E-state index contributed by atoms with van der Waals surface area (Å²) in [6.07, 6.45) is 0. The highest BCUT2D eigenvalue weighted by atomic mass is 19.1. The fourth-order valence-electron chi connectivity index (χ4n) is 2.26. The van der Waals surface area contributed by atoms with Crippen molar-refractivity contribution in [2.75, 3.05) is 5.32 Å². The summed E-state index contributed by atoms with van der Waals surface area (Å²) in [5.41, 5.74) is 1.49. The number of nitro benzene ring substituents is 1. The third kappa shape index (κ3) is 2.55. The SMILES string of the molecule is O=[N+]([O-])c1c(F)cccc1NCc1cc2ccccc2[nH]1. The zero-order valence-electron chi connectivity index (χ0n) is 11.0. The van der Waals surface area contributed by atoms with E-state index >= 15 is 0 Å². The number of hydrogen-bond donors (Lipinski definition) is 2. The molecule has 0 bridgehead atoms. The van der Waals surface area contributed by atoms with Crippen molar-refractivity contribution in [2.24, 2.45) is 0 Å². The summed E-state index contributed by atoms with van der Waals surface area (Å²) < 4.78 is 13.5. The van der Waals surface area contributed by atoms with Crippen LogP contribution >= 0.6 is 0 Å². The van der Waals surface area contributed by atoms with E-state index in [1.807, 2.05) is 30.3 Å². The largest absolute Gasteiger partial charge is 0.374 e. The van der Waals surface area contributed by atoms with Crippen molar-refractivity contribution in [1.29, 1.82) is 0 Å². The van der Waals surface area contributed by atoms with E-state index in [1.54, 1.807) is 0 Å². The fraction of sp³-hybridized carbons (Fsp3) is 0.0667. The molecule has 2 N–H and O–H groups in total. The number of H-pyrrole nitrogens is 1. The van der Waals surface area contributed by atoms with Gasteiger partial charge in [-0.25, -0.2) is 0 Å². The number of aromatic amines is 1. The first-order valence-electron chi connectivity index (χ1n) is 6.38. The molecule has 0 aliphatic rings. The molecule has 2 aromatic carbocycles. The molecule has 0 saturated carbocycles. The number of nitrogens with one attached hydrogen (secondary N) is 2. The second kappa shape index (κ2) is 5.24. The molecule has 0 saturated heterocycles. The van der Waals surface area contributed by atoms with E-state index in [1.165, 1.54) is 12.1 Å². The average molecular weight is 285 g/mol. The van der Waals surface area contributed by atoms with Crippen molar-refractivity contribution >= 4 is 22.3 Å². The number of rotatable bonds is 4. The Morgan fingerprint density at radius 3 is 2.76 bits per heavy atom. The highest BCUT2D eigenvalue weighted by Gasteiger charge is 2.19. The highest BCUT2D eigenvalue weighted by molar-refractivity contribution is 5.80. The molecule has 0 aliphatic heterocycles. The number of nitro groups is 1. The highest BCUT2D eigenvalue weighted by Crippen LogP contribution is 2.27. The Hall–Kier alpha value is -2.89. The zero-order chi connectivity index (χ0) is 14.8. The fourth-order valence-corrected chi connectivity index (χ4v) is 2.26. The van der Waals surface area contributed by atoms with Crippen molar-refractivity contribution in [3.8, 4) is 0 Å². The van der Waals surface area contributed by atoms with E-state index in [0.29, 0.717) is 6.54 Å². The topological polar surface area (TPSA) is 71.0 Å². The second-order valence-corrected chi connectivity index (χ2v) is 4.63. The summed E-state index contributed by atoms with van der Waals surface area (Å²) in [5, 5.41) is 14.9. The Kier molecular flexibility index (Phi) is 3.27. The summed E-state index contributed by atoms with van der Waals surface area (Å²) in [7, 11) is 0. The van der Waals surface area contributed by atoms with Crippen LogP contribution in [0, 0.1) is 15.9 Å². The van der Waals surface area contributed by atoms with Gasteiger partial charge in [-0.2, -0.15) is 4.39 Å². The molecule has 0 fully saturated rings. The molecule has 0 radical (unpaired) electrons. The zero-order valence-corrected chi connectivity index (χ0v) is 11.0. The predicted octanol–water partition coefficient (Wildman–Crippen LogP) is 3.83. The molecule has 0 spiro atoms. The van der Waals surface area contributed by atoms with Gasteiger partial charge in [-0.3, -0.25) is 10.1 Å². The van der Waals surface area contributed by atoms with Gasteiger partial charge < -0.3 is 10.3 Å². The van der Waals surface area contributed by atoms with Crippen molar-refractivity contribution < 1.29 is 9.31 Å². The van der Waals surface area contributed by atoms with E-state index < -0.39 is 16.4 Å². The monoisotopic (exact) mass is 285 g/mol. The number of fused-ring (bicyclic) bond motifs is 1. The molecular weight excluding hydrogens is 273 g/mol. The number of hydrogen-bond acceptors (Lipinski definition) is 3. The lowest BCUT2D eigenvalue weighted by Crippen LogP contribution is -2.04. The summed E-state index contributed by atoms with van der Waals surface area (Å²) in [5.74, 6) is -0.846. The molecule has 1 heterocycles.